The van der Waals surface area contributed by atoms with E-state index in [0.29, 0.717) is 12.6 Å². The number of benzene rings is 1. The van der Waals surface area contributed by atoms with E-state index in [-0.39, 0.29) is 6.61 Å². The van der Waals surface area contributed by atoms with E-state index in [2.05, 4.69) is 10.3 Å². The minimum absolute atomic E-state index is 0.272. The lowest BCUT2D eigenvalue weighted by atomic mass is 10.2. The number of pyridine rings is 1. The number of aliphatic hydroxyl groups excluding tert-OH is 1. The van der Waals surface area contributed by atoms with Crippen molar-refractivity contribution in [3.63, 3.8) is 0 Å². The van der Waals surface area contributed by atoms with Gasteiger partial charge in [-0.25, -0.2) is 0 Å². The van der Waals surface area contributed by atoms with Crippen LogP contribution in [-0.4, -0.2) is 35.4 Å². The molecule has 0 aliphatic rings. The summed E-state index contributed by atoms with van der Waals surface area (Å²) >= 11 is 0. The quantitative estimate of drug-likeness (QED) is 0.834. The zero-order valence-electron chi connectivity index (χ0n) is 11.3. The van der Waals surface area contributed by atoms with E-state index in [0.717, 1.165) is 16.7 Å². The summed E-state index contributed by atoms with van der Waals surface area (Å²) in [7, 11) is 0. The van der Waals surface area contributed by atoms with Crippen LogP contribution in [-0.2, 0) is 0 Å². The molecule has 19 heavy (non-hydrogen) atoms. The third-order valence-corrected chi connectivity index (χ3v) is 2.80. The third-order valence-electron chi connectivity index (χ3n) is 2.80. The molecule has 1 atom stereocenters. The highest BCUT2D eigenvalue weighted by Gasteiger charge is 2.08. The van der Waals surface area contributed by atoms with Crippen molar-refractivity contribution in [2.45, 2.75) is 26.0 Å². The van der Waals surface area contributed by atoms with Gasteiger partial charge in [-0.3, -0.25) is 4.98 Å². The maximum Gasteiger partial charge on any atom is 0.128 e. The molecule has 0 saturated heterocycles. The van der Waals surface area contributed by atoms with E-state index in [1.54, 1.807) is 6.20 Å². The predicted molar refractivity (Wildman–Crippen MR) is 76.4 cm³/mol. The first kappa shape index (κ1) is 13.8. The number of aliphatic hydroxyl groups is 1. The Balaban J connectivity index is 1.98. The van der Waals surface area contributed by atoms with Crippen LogP contribution >= 0.6 is 0 Å². The van der Waals surface area contributed by atoms with E-state index >= 15 is 0 Å². The second-order valence-electron chi connectivity index (χ2n) is 4.85. The Morgan fingerprint density at radius 3 is 2.89 bits per heavy atom. The molecule has 4 heteroatoms. The number of nitrogens with zero attached hydrogens (tertiary/aromatic N) is 1. The Hall–Kier alpha value is -1.65. The highest BCUT2D eigenvalue weighted by atomic mass is 16.5. The van der Waals surface area contributed by atoms with E-state index in [1.807, 2.05) is 44.2 Å². The van der Waals surface area contributed by atoms with Gasteiger partial charge in [-0.2, -0.15) is 0 Å². The summed E-state index contributed by atoms with van der Waals surface area (Å²) in [4.78, 5) is 4.27. The molecule has 0 bridgehead atoms. The number of nitrogens with one attached hydrogen (secondary N) is 1. The predicted octanol–water partition coefficient (Wildman–Crippen LogP) is 1.97. The minimum atomic E-state index is -0.519. The number of aromatic nitrogens is 1. The van der Waals surface area contributed by atoms with Gasteiger partial charge >= 0.3 is 0 Å². The molecule has 2 N–H and O–H groups in total. The lowest BCUT2D eigenvalue weighted by Crippen LogP contribution is -2.35. The average Bonchev–Trinajstić information content (AvgIpc) is 2.42. The lowest BCUT2D eigenvalue weighted by molar-refractivity contribution is 0.105. The van der Waals surface area contributed by atoms with Crippen LogP contribution in [0.3, 0.4) is 0 Å². The van der Waals surface area contributed by atoms with Gasteiger partial charge in [0, 0.05) is 24.2 Å². The van der Waals surface area contributed by atoms with Crippen molar-refractivity contribution in [2.75, 3.05) is 13.2 Å². The molecule has 0 saturated carbocycles. The maximum absolute atomic E-state index is 9.83. The first-order valence-electron chi connectivity index (χ1n) is 6.55. The van der Waals surface area contributed by atoms with E-state index < -0.39 is 6.10 Å². The van der Waals surface area contributed by atoms with Crippen LogP contribution in [0.1, 0.15) is 13.8 Å². The van der Waals surface area contributed by atoms with Gasteiger partial charge < -0.3 is 15.2 Å². The third kappa shape index (κ3) is 3.91. The molecule has 0 aliphatic carbocycles. The average molecular weight is 260 g/mol. The van der Waals surface area contributed by atoms with E-state index in [4.69, 9.17) is 4.74 Å². The molecule has 0 fully saturated rings. The van der Waals surface area contributed by atoms with Gasteiger partial charge in [-0.1, -0.05) is 19.9 Å². The number of ether oxygens (including phenoxy) is 1. The van der Waals surface area contributed by atoms with E-state index in [9.17, 15) is 5.11 Å². The van der Waals surface area contributed by atoms with Crippen molar-refractivity contribution in [1.29, 1.82) is 0 Å². The molecule has 1 aromatic heterocycles. The molecular weight excluding hydrogens is 240 g/mol. The zero-order valence-corrected chi connectivity index (χ0v) is 11.3. The first-order valence-corrected chi connectivity index (χ1v) is 6.55. The molecule has 0 unspecified atom stereocenters. The Morgan fingerprint density at radius 1 is 1.26 bits per heavy atom. The van der Waals surface area contributed by atoms with Crippen molar-refractivity contribution in [3.8, 4) is 5.75 Å². The summed E-state index contributed by atoms with van der Waals surface area (Å²) in [5.74, 6) is 0.759. The molecule has 0 aliphatic heterocycles. The van der Waals surface area contributed by atoms with E-state index in [1.165, 1.54) is 0 Å². The minimum Gasteiger partial charge on any atom is -0.490 e. The fraction of sp³-hybridized carbons (Fsp3) is 0.400. The number of fused-ring (bicyclic) bond motifs is 1. The summed E-state index contributed by atoms with van der Waals surface area (Å²) < 4.78 is 5.68. The molecule has 2 rings (SSSR count). The van der Waals surface area contributed by atoms with Crippen molar-refractivity contribution in [3.05, 3.63) is 36.5 Å². The van der Waals surface area contributed by atoms with Crippen LogP contribution in [0.15, 0.2) is 36.5 Å². The summed E-state index contributed by atoms with van der Waals surface area (Å²) in [6.07, 6.45) is 1.24. The highest BCUT2D eigenvalue weighted by molar-refractivity contribution is 5.84. The molecule has 0 amide bonds. The van der Waals surface area contributed by atoms with Gasteiger partial charge in [0.25, 0.3) is 0 Å². The van der Waals surface area contributed by atoms with Gasteiger partial charge in [0.15, 0.2) is 0 Å². The topological polar surface area (TPSA) is 54.4 Å². The largest absolute Gasteiger partial charge is 0.490 e. The van der Waals surface area contributed by atoms with Gasteiger partial charge in [0.05, 0.1) is 5.52 Å². The van der Waals surface area contributed by atoms with Crippen molar-refractivity contribution < 1.29 is 9.84 Å². The fourth-order valence-electron chi connectivity index (χ4n) is 1.82. The monoisotopic (exact) mass is 260 g/mol. The second-order valence-corrected chi connectivity index (χ2v) is 4.85. The first-order chi connectivity index (χ1) is 9.16. The number of hydrogen-bond donors (Lipinski definition) is 2. The lowest BCUT2D eigenvalue weighted by Gasteiger charge is -2.15. The van der Waals surface area contributed by atoms with Crippen LogP contribution in [0.2, 0.25) is 0 Å². The molecule has 1 aromatic carbocycles. The Labute approximate surface area is 113 Å². The zero-order chi connectivity index (χ0) is 13.7. The van der Waals surface area contributed by atoms with Crippen LogP contribution in [0.5, 0.6) is 5.75 Å². The Kier molecular flexibility index (Phi) is 4.71. The maximum atomic E-state index is 9.83. The molecule has 102 valence electrons. The normalized spacial score (nSPS) is 12.8. The summed E-state index contributed by atoms with van der Waals surface area (Å²) in [6, 6.07) is 9.95. The number of rotatable bonds is 6. The Bertz CT molecular complexity index is 523. The fourth-order valence-corrected chi connectivity index (χ4v) is 1.82. The van der Waals surface area contributed by atoms with Crippen molar-refractivity contribution in [1.82, 2.24) is 10.3 Å². The van der Waals surface area contributed by atoms with Crippen LogP contribution < -0.4 is 10.1 Å². The molecular formula is C15H20N2O2. The molecule has 1 heterocycles. The summed E-state index contributed by atoms with van der Waals surface area (Å²) in [5, 5.41) is 14.0. The standard InChI is InChI=1S/C15H20N2O2/c1-11(2)17-9-12(18)10-19-15-7-3-6-14-13(15)5-4-8-16-14/h3-8,11-12,17-18H,9-10H2,1-2H3/t12-/m0/s1. The molecule has 2 aromatic rings. The van der Waals surface area contributed by atoms with Gasteiger partial charge in [0.2, 0.25) is 0 Å². The highest BCUT2D eigenvalue weighted by Crippen LogP contribution is 2.23. The number of hydrogen-bond acceptors (Lipinski definition) is 4. The van der Waals surface area contributed by atoms with Gasteiger partial charge in [-0.05, 0) is 24.3 Å². The SMILES string of the molecule is CC(C)NC[C@H](O)COc1cccc2ncccc12. The van der Waals surface area contributed by atoms with Crippen LogP contribution in [0, 0.1) is 0 Å². The van der Waals surface area contributed by atoms with Gasteiger partial charge in [0.1, 0.15) is 18.5 Å². The summed E-state index contributed by atoms with van der Waals surface area (Å²) in [6.45, 7) is 4.89. The molecule has 0 spiro atoms. The molecule has 4 nitrogen and oxygen atoms in total. The van der Waals surface area contributed by atoms with Crippen molar-refractivity contribution in [2.24, 2.45) is 0 Å². The van der Waals surface area contributed by atoms with Crippen molar-refractivity contribution >= 4 is 10.9 Å². The van der Waals surface area contributed by atoms with Crippen LogP contribution in [0.25, 0.3) is 10.9 Å². The smallest absolute Gasteiger partial charge is 0.128 e. The second kappa shape index (κ2) is 6.50. The van der Waals surface area contributed by atoms with Crippen LogP contribution in [0.4, 0.5) is 0 Å². The van der Waals surface area contributed by atoms with Gasteiger partial charge in [-0.15, -0.1) is 0 Å². The summed E-state index contributed by atoms with van der Waals surface area (Å²) in [5.41, 5.74) is 0.898. The Morgan fingerprint density at radius 2 is 2.11 bits per heavy atom. The molecule has 0 radical (unpaired) electrons.